The number of hydrogen-bond donors (Lipinski definition) is 1. The topological polar surface area (TPSA) is 49.8 Å². The van der Waals surface area contributed by atoms with Gasteiger partial charge in [-0.25, -0.2) is 0 Å². The van der Waals surface area contributed by atoms with E-state index >= 15 is 0 Å². The lowest BCUT2D eigenvalue weighted by Gasteiger charge is -2.35. The number of nitrogens with zero attached hydrogens (tertiary/aromatic N) is 1. The van der Waals surface area contributed by atoms with E-state index in [1.54, 1.807) is 59.9 Å². The van der Waals surface area contributed by atoms with Crippen LogP contribution in [0.4, 0.5) is 0 Å². The number of rotatable bonds is 4. The summed E-state index contributed by atoms with van der Waals surface area (Å²) in [4.78, 5) is 16.2. The number of phenols is 1. The van der Waals surface area contributed by atoms with Gasteiger partial charge in [0.1, 0.15) is 24.1 Å². The molecule has 0 bridgehead atoms. The third-order valence-electron chi connectivity index (χ3n) is 4.66. The number of hydrogen-bond acceptors (Lipinski definition) is 4. The van der Waals surface area contributed by atoms with Gasteiger partial charge in [0.25, 0.3) is 5.91 Å². The Balaban J connectivity index is 1.59. The number of halogens is 1. The molecule has 0 saturated heterocycles. The Kier molecular flexibility index (Phi) is 5.05. The lowest BCUT2D eigenvalue weighted by Crippen LogP contribution is -2.41. The van der Waals surface area contributed by atoms with Crippen molar-refractivity contribution in [3.8, 4) is 11.5 Å². The molecule has 2 aromatic carbocycles. The van der Waals surface area contributed by atoms with Gasteiger partial charge in [-0.3, -0.25) is 4.79 Å². The number of fused-ring (bicyclic) bond motifs is 1. The van der Waals surface area contributed by atoms with E-state index in [1.807, 2.05) is 4.90 Å². The first-order valence-electron chi connectivity index (χ1n) is 8.66. The first-order chi connectivity index (χ1) is 13.1. The lowest BCUT2D eigenvalue weighted by molar-refractivity contribution is 0.0596. The number of carbonyl (C=O) groups is 1. The maximum absolute atomic E-state index is 13.1. The second-order valence-electron chi connectivity index (χ2n) is 6.39. The third-order valence-corrected chi connectivity index (χ3v) is 5.95. The van der Waals surface area contributed by atoms with Crippen molar-refractivity contribution in [2.75, 3.05) is 13.2 Å². The van der Waals surface area contributed by atoms with E-state index in [1.165, 1.54) is 5.56 Å². The molecule has 0 aliphatic carbocycles. The Hall–Kier alpha value is -2.50. The third kappa shape index (κ3) is 3.80. The average molecular weight is 400 g/mol. The Morgan fingerprint density at radius 1 is 1.22 bits per heavy atom. The molecule has 1 amide bonds. The number of thiophene rings is 1. The summed E-state index contributed by atoms with van der Waals surface area (Å²) in [6.45, 7) is 0.989. The van der Waals surface area contributed by atoms with Crippen LogP contribution in [0.2, 0.25) is 5.02 Å². The Labute approximate surface area is 166 Å². The lowest BCUT2D eigenvalue weighted by atomic mass is 10.0. The van der Waals surface area contributed by atoms with E-state index in [0.717, 1.165) is 11.3 Å². The van der Waals surface area contributed by atoms with Crippen molar-refractivity contribution >= 4 is 28.8 Å². The van der Waals surface area contributed by atoms with Crippen LogP contribution in [0, 0.1) is 0 Å². The van der Waals surface area contributed by atoms with Gasteiger partial charge in [-0.05, 0) is 65.9 Å². The summed E-state index contributed by atoms with van der Waals surface area (Å²) in [5.41, 5.74) is 1.85. The Morgan fingerprint density at radius 2 is 2.04 bits per heavy atom. The molecule has 3 aromatic rings. The minimum Gasteiger partial charge on any atom is -0.508 e. The van der Waals surface area contributed by atoms with Gasteiger partial charge in [0.15, 0.2) is 0 Å². The highest BCUT2D eigenvalue weighted by Crippen LogP contribution is 2.35. The summed E-state index contributed by atoms with van der Waals surface area (Å²) in [6, 6.07) is 15.6. The number of aromatic hydroxyl groups is 1. The van der Waals surface area contributed by atoms with Crippen LogP contribution in [0.1, 0.15) is 26.8 Å². The standard InChI is InChI=1S/C21H18ClNO3S/c22-16-3-1-2-15(12-16)21(25)23-10-8-14-9-11-27-20(14)19(23)13-26-18-6-4-17(24)5-7-18/h1-7,9,11-12,19,24H,8,10,13H2. The molecule has 0 spiro atoms. The zero-order chi connectivity index (χ0) is 18.8. The van der Waals surface area contributed by atoms with E-state index in [-0.39, 0.29) is 17.7 Å². The first kappa shape index (κ1) is 17.9. The van der Waals surface area contributed by atoms with Crippen molar-refractivity contribution in [1.29, 1.82) is 0 Å². The van der Waals surface area contributed by atoms with Gasteiger partial charge in [0, 0.05) is 22.0 Å². The largest absolute Gasteiger partial charge is 0.508 e. The summed E-state index contributed by atoms with van der Waals surface area (Å²) in [5.74, 6) is 0.806. The van der Waals surface area contributed by atoms with Gasteiger partial charge in [-0.15, -0.1) is 11.3 Å². The first-order valence-corrected chi connectivity index (χ1v) is 9.92. The fourth-order valence-electron chi connectivity index (χ4n) is 3.30. The fraction of sp³-hybridized carbons (Fsp3) is 0.190. The van der Waals surface area contributed by atoms with Gasteiger partial charge in [-0.2, -0.15) is 0 Å². The summed E-state index contributed by atoms with van der Waals surface area (Å²) >= 11 is 7.72. The molecule has 1 aliphatic heterocycles. The highest BCUT2D eigenvalue weighted by atomic mass is 35.5. The molecule has 1 aliphatic rings. The van der Waals surface area contributed by atoms with E-state index < -0.39 is 0 Å². The van der Waals surface area contributed by atoms with E-state index in [2.05, 4.69) is 11.4 Å². The summed E-state index contributed by atoms with van der Waals surface area (Å²) in [5, 5.41) is 12.0. The molecule has 1 N–H and O–H groups in total. The Morgan fingerprint density at radius 3 is 2.81 bits per heavy atom. The normalized spacial score (nSPS) is 16.0. The molecule has 1 aromatic heterocycles. The molecular formula is C21H18ClNO3S. The zero-order valence-electron chi connectivity index (χ0n) is 14.5. The van der Waals surface area contributed by atoms with Crippen LogP contribution in [0.5, 0.6) is 11.5 Å². The van der Waals surface area contributed by atoms with Crippen molar-refractivity contribution in [3.63, 3.8) is 0 Å². The van der Waals surface area contributed by atoms with Crippen molar-refractivity contribution in [2.45, 2.75) is 12.5 Å². The molecule has 138 valence electrons. The molecule has 27 heavy (non-hydrogen) atoms. The molecular weight excluding hydrogens is 382 g/mol. The summed E-state index contributed by atoms with van der Waals surface area (Å²) in [7, 11) is 0. The van der Waals surface area contributed by atoms with Crippen molar-refractivity contribution in [3.05, 3.63) is 81.0 Å². The SMILES string of the molecule is O=C(c1cccc(Cl)c1)N1CCc2ccsc2C1COc1ccc(O)cc1. The monoisotopic (exact) mass is 399 g/mol. The second kappa shape index (κ2) is 7.62. The summed E-state index contributed by atoms with van der Waals surface area (Å²) in [6.07, 6.45) is 0.834. The maximum Gasteiger partial charge on any atom is 0.254 e. The number of phenolic OH excluding ortho intramolecular Hbond substituents is 1. The van der Waals surface area contributed by atoms with Gasteiger partial charge in [-0.1, -0.05) is 17.7 Å². The highest BCUT2D eigenvalue weighted by molar-refractivity contribution is 7.10. The number of ether oxygens (including phenoxy) is 1. The molecule has 0 fully saturated rings. The predicted octanol–water partition coefficient (Wildman–Crippen LogP) is 4.93. The zero-order valence-corrected chi connectivity index (χ0v) is 16.0. The average Bonchev–Trinajstić information content (AvgIpc) is 3.16. The van der Waals surface area contributed by atoms with Gasteiger partial charge in [0.2, 0.25) is 0 Å². The molecule has 0 saturated carbocycles. The van der Waals surface area contributed by atoms with Crippen LogP contribution < -0.4 is 4.74 Å². The van der Waals surface area contributed by atoms with E-state index in [0.29, 0.717) is 29.5 Å². The molecule has 6 heteroatoms. The van der Waals surface area contributed by atoms with Gasteiger partial charge < -0.3 is 14.7 Å². The minimum absolute atomic E-state index is 0.0455. The Bertz CT molecular complexity index is 954. The molecule has 2 heterocycles. The van der Waals surface area contributed by atoms with Crippen LogP contribution in [-0.4, -0.2) is 29.1 Å². The summed E-state index contributed by atoms with van der Waals surface area (Å²) < 4.78 is 5.94. The number of carbonyl (C=O) groups excluding carboxylic acids is 1. The van der Waals surface area contributed by atoms with Crippen LogP contribution in [0.25, 0.3) is 0 Å². The van der Waals surface area contributed by atoms with Crippen molar-refractivity contribution < 1.29 is 14.6 Å². The molecule has 4 rings (SSSR count). The van der Waals surface area contributed by atoms with Gasteiger partial charge in [0.05, 0.1) is 0 Å². The molecule has 1 unspecified atom stereocenters. The maximum atomic E-state index is 13.1. The number of amides is 1. The second-order valence-corrected chi connectivity index (χ2v) is 7.77. The van der Waals surface area contributed by atoms with Crippen molar-refractivity contribution in [2.24, 2.45) is 0 Å². The van der Waals surface area contributed by atoms with Crippen LogP contribution in [0.15, 0.2) is 60.0 Å². The van der Waals surface area contributed by atoms with Crippen LogP contribution in [0.3, 0.4) is 0 Å². The molecule has 1 atom stereocenters. The van der Waals surface area contributed by atoms with E-state index in [4.69, 9.17) is 16.3 Å². The van der Waals surface area contributed by atoms with Crippen LogP contribution in [-0.2, 0) is 6.42 Å². The van der Waals surface area contributed by atoms with Gasteiger partial charge >= 0.3 is 0 Å². The quantitative estimate of drug-likeness (QED) is 0.677. The number of benzene rings is 2. The smallest absolute Gasteiger partial charge is 0.254 e. The van der Waals surface area contributed by atoms with E-state index in [9.17, 15) is 9.90 Å². The minimum atomic E-state index is -0.158. The fourth-order valence-corrected chi connectivity index (χ4v) is 4.54. The highest BCUT2D eigenvalue weighted by Gasteiger charge is 2.33. The molecule has 0 radical (unpaired) electrons. The van der Waals surface area contributed by atoms with Crippen molar-refractivity contribution in [1.82, 2.24) is 4.90 Å². The van der Waals surface area contributed by atoms with Crippen LogP contribution >= 0.6 is 22.9 Å². The molecule has 4 nitrogen and oxygen atoms in total. The predicted molar refractivity (Wildman–Crippen MR) is 107 cm³/mol.